The third kappa shape index (κ3) is 1.90. The second-order valence-corrected chi connectivity index (χ2v) is 2.82. The Morgan fingerprint density at radius 1 is 1.55 bits per heavy atom. The van der Waals surface area contributed by atoms with E-state index in [1.54, 1.807) is 0 Å². The lowest BCUT2D eigenvalue weighted by Gasteiger charge is -2.29. The van der Waals surface area contributed by atoms with Crippen LogP contribution in [0.25, 0.3) is 0 Å². The van der Waals surface area contributed by atoms with Crippen LogP contribution in [0.15, 0.2) is 0 Å². The molecule has 0 aromatic heterocycles. The molecule has 0 unspecified atom stereocenters. The van der Waals surface area contributed by atoms with Gasteiger partial charge in [-0.2, -0.15) is 5.26 Å². The maximum absolute atomic E-state index is 8.83. The molecule has 4 heteroatoms. The quantitative estimate of drug-likeness (QED) is 0.580. The van der Waals surface area contributed by atoms with Crippen molar-refractivity contribution in [3.8, 4) is 6.07 Å². The van der Waals surface area contributed by atoms with Gasteiger partial charge in [-0.15, -0.1) is 0 Å². The van der Waals surface area contributed by atoms with Crippen LogP contribution in [0.3, 0.4) is 0 Å². The van der Waals surface area contributed by atoms with Crippen LogP contribution < -0.4 is 5.90 Å². The average Bonchev–Trinajstić information content (AvgIpc) is 2.07. The molecular formula is C7H12N2O2. The Bertz CT molecular complexity index is 153. The summed E-state index contributed by atoms with van der Waals surface area (Å²) in [6, 6.07) is 2.23. The predicted octanol–water partition coefficient (Wildman–Crippen LogP) is 0.197. The zero-order chi connectivity index (χ0) is 8.16. The lowest BCUT2D eigenvalue weighted by molar-refractivity contribution is -0.0117. The molecule has 1 rings (SSSR count). The Balaban J connectivity index is 2.51. The standard InChI is InChI=1S/C7H12N2O2/c8-5-7(6-11-9)1-3-10-4-2-7/h1-4,6,9H2. The van der Waals surface area contributed by atoms with Gasteiger partial charge in [0.1, 0.15) is 0 Å². The Morgan fingerprint density at radius 2 is 2.18 bits per heavy atom. The molecule has 1 aliphatic rings. The van der Waals surface area contributed by atoms with Gasteiger partial charge in [-0.1, -0.05) is 0 Å². The summed E-state index contributed by atoms with van der Waals surface area (Å²) < 4.78 is 5.13. The van der Waals surface area contributed by atoms with Gasteiger partial charge in [0.25, 0.3) is 0 Å². The van der Waals surface area contributed by atoms with Gasteiger partial charge in [0.15, 0.2) is 0 Å². The van der Waals surface area contributed by atoms with E-state index in [4.69, 9.17) is 15.9 Å². The highest BCUT2D eigenvalue weighted by Gasteiger charge is 2.32. The summed E-state index contributed by atoms with van der Waals surface area (Å²) >= 11 is 0. The van der Waals surface area contributed by atoms with Crippen molar-refractivity contribution in [2.45, 2.75) is 12.8 Å². The van der Waals surface area contributed by atoms with E-state index < -0.39 is 5.41 Å². The van der Waals surface area contributed by atoms with Crippen molar-refractivity contribution in [3.05, 3.63) is 0 Å². The molecule has 1 heterocycles. The maximum Gasteiger partial charge on any atom is 0.0870 e. The van der Waals surface area contributed by atoms with E-state index in [0.29, 0.717) is 19.8 Å². The van der Waals surface area contributed by atoms with Gasteiger partial charge in [0, 0.05) is 13.2 Å². The first-order valence-electron chi connectivity index (χ1n) is 3.64. The number of nitriles is 1. The van der Waals surface area contributed by atoms with Crippen LogP contribution in [0, 0.1) is 16.7 Å². The van der Waals surface area contributed by atoms with Crippen molar-refractivity contribution in [1.29, 1.82) is 5.26 Å². The summed E-state index contributed by atoms with van der Waals surface area (Å²) in [5.74, 6) is 4.93. The summed E-state index contributed by atoms with van der Waals surface area (Å²) in [7, 11) is 0. The summed E-state index contributed by atoms with van der Waals surface area (Å²) in [5.41, 5.74) is -0.396. The number of hydrogen-bond acceptors (Lipinski definition) is 4. The molecular weight excluding hydrogens is 144 g/mol. The molecule has 0 radical (unpaired) electrons. The SMILES string of the molecule is N#CC1(CON)CCOCC1. The maximum atomic E-state index is 8.83. The lowest BCUT2D eigenvalue weighted by atomic mass is 9.83. The second kappa shape index (κ2) is 3.67. The summed E-state index contributed by atoms with van der Waals surface area (Å²) in [5, 5.41) is 8.83. The molecule has 1 aliphatic heterocycles. The van der Waals surface area contributed by atoms with Crippen LogP contribution >= 0.6 is 0 Å². The van der Waals surface area contributed by atoms with E-state index in [1.165, 1.54) is 0 Å². The zero-order valence-electron chi connectivity index (χ0n) is 6.38. The average molecular weight is 156 g/mol. The normalized spacial score (nSPS) is 22.5. The van der Waals surface area contributed by atoms with Crippen LogP contribution in [0.1, 0.15) is 12.8 Å². The first-order chi connectivity index (χ1) is 5.33. The highest BCUT2D eigenvalue weighted by molar-refractivity contribution is 5.00. The smallest absolute Gasteiger partial charge is 0.0870 e. The Hall–Kier alpha value is -0.630. The van der Waals surface area contributed by atoms with Crippen molar-refractivity contribution in [3.63, 3.8) is 0 Å². The van der Waals surface area contributed by atoms with Crippen molar-refractivity contribution >= 4 is 0 Å². The molecule has 4 nitrogen and oxygen atoms in total. The molecule has 62 valence electrons. The molecule has 0 saturated carbocycles. The summed E-state index contributed by atoms with van der Waals surface area (Å²) in [6.45, 7) is 1.58. The summed E-state index contributed by atoms with van der Waals surface area (Å²) in [4.78, 5) is 4.50. The minimum Gasteiger partial charge on any atom is -0.381 e. The predicted molar refractivity (Wildman–Crippen MR) is 38.2 cm³/mol. The van der Waals surface area contributed by atoms with E-state index in [1.807, 2.05) is 0 Å². The van der Waals surface area contributed by atoms with Gasteiger partial charge in [0.2, 0.25) is 0 Å². The highest BCUT2D eigenvalue weighted by Crippen LogP contribution is 2.29. The van der Waals surface area contributed by atoms with Crippen LogP contribution in [-0.2, 0) is 9.57 Å². The van der Waals surface area contributed by atoms with Crippen molar-refractivity contribution in [2.24, 2.45) is 11.3 Å². The lowest BCUT2D eigenvalue weighted by Crippen LogP contribution is -2.33. The van der Waals surface area contributed by atoms with E-state index in [0.717, 1.165) is 12.8 Å². The third-order valence-electron chi connectivity index (χ3n) is 2.05. The van der Waals surface area contributed by atoms with Gasteiger partial charge in [-0.25, -0.2) is 5.90 Å². The number of rotatable bonds is 2. The van der Waals surface area contributed by atoms with E-state index >= 15 is 0 Å². The Kier molecular flexibility index (Phi) is 2.83. The van der Waals surface area contributed by atoms with Crippen LogP contribution in [0.4, 0.5) is 0 Å². The molecule has 0 spiro atoms. The number of hydrogen-bond donors (Lipinski definition) is 1. The second-order valence-electron chi connectivity index (χ2n) is 2.82. The minimum absolute atomic E-state index is 0.312. The zero-order valence-corrected chi connectivity index (χ0v) is 6.38. The van der Waals surface area contributed by atoms with Crippen LogP contribution in [0.5, 0.6) is 0 Å². The minimum atomic E-state index is -0.396. The molecule has 0 aromatic carbocycles. The molecule has 0 bridgehead atoms. The fraction of sp³-hybridized carbons (Fsp3) is 0.857. The summed E-state index contributed by atoms with van der Waals surface area (Å²) in [6.07, 6.45) is 1.45. The Labute approximate surface area is 65.8 Å². The van der Waals surface area contributed by atoms with Gasteiger partial charge in [0.05, 0.1) is 18.1 Å². The molecule has 0 amide bonds. The fourth-order valence-electron chi connectivity index (χ4n) is 1.21. The fourth-order valence-corrected chi connectivity index (χ4v) is 1.21. The molecule has 11 heavy (non-hydrogen) atoms. The molecule has 0 atom stereocenters. The molecule has 0 aromatic rings. The van der Waals surface area contributed by atoms with E-state index in [-0.39, 0.29) is 0 Å². The monoisotopic (exact) mass is 156 g/mol. The largest absolute Gasteiger partial charge is 0.381 e. The topological polar surface area (TPSA) is 68.3 Å². The van der Waals surface area contributed by atoms with Crippen molar-refractivity contribution in [1.82, 2.24) is 0 Å². The van der Waals surface area contributed by atoms with Crippen LogP contribution in [-0.4, -0.2) is 19.8 Å². The first kappa shape index (κ1) is 8.47. The number of ether oxygens (including phenoxy) is 1. The van der Waals surface area contributed by atoms with Gasteiger partial charge in [-0.3, -0.25) is 0 Å². The van der Waals surface area contributed by atoms with E-state index in [9.17, 15) is 0 Å². The Morgan fingerprint density at radius 3 is 2.64 bits per heavy atom. The molecule has 0 aliphatic carbocycles. The molecule has 1 fully saturated rings. The first-order valence-corrected chi connectivity index (χ1v) is 3.64. The van der Waals surface area contributed by atoms with E-state index in [2.05, 4.69) is 10.9 Å². The molecule has 2 N–H and O–H groups in total. The number of nitrogens with two attached hydrogens (primary N) is 1. The van der Waals surface area contributed by atoms with Gasteiger partial charge >= 0.3 is 0 Å². The third-order valence-corrected chi connectivity index (χ3v) is 2.05. The number of nitrogens with zero attached hydrogens (tertiary/aromatic N) is 1. The van der Waals surface area contributed by atoms with Crippen LogP contribution in [0.2, 0.25) is 0 Å². The highest BCUT2D eigenvalue weighted by atomic mass is 16.6. The van der Waals surface area contributed by atoms with Crippen molar-refractivity contribution in [2.75, 3.05) is 19.8 Å². The van der Waals surface area contributed by atoms with Gasteiger partial charge in [-0.05, 0) is 12.8 Å². The molecule has 1 saturated heterocycles. The van der Waals surface area contributed by atoms with Crippen molar-refractivity contribution < 1.29 is 9.57 Å². The van der Waals surface area contributed by atoms with Gasteiger partial charge < -0.3 is 9.57 Å².